The number of nitrogens with zero attached hydrogens (tertiary/aromatic N) is 1. The Kier molecular flexibility index (Phi) is 4.63. The second-order valence-corrected chi connectivity index (χ2v) is 8.00. The third-order valence-electron chi connectivity index (χ3n) is 4.63. The topological polar surface area (TPSA) is 74.7 Å². The summed E-state index contributed by atoms with van der Waals surface area (Å²) in [5.41, 5.74) is 3.38. The van der Waals surface area contributed by atoms with Gasteiger partial charge in [-0.15, -0.1) is 0 Å². The molecule has 1 atom stereocenters. The molecule has 0 aromatic heterocycles. The zero-order valence-corrected chi connectivity index (χ0v) is 14.3. The monoisotopic (exact) mass is 325 g/mol. The van der Waals surface area contributed by atoms with E-state index >= 15 is 0 Å². The van der Waals surface area contributed by atoms with Gasteiger partial charge in [0.25, 0.3) is 0 Å². The Morgan fingerprint density at radius 1 is 1.18 bits per heavy atom. The van der Waals surface area contributed by atoms with Crippen LogP contribution in [0.25, 0.3) is 0 Å². The number of rotatable bonds is 3. The molecule has 0 radical (unpaired) electrons. The third-order valence-corrected chi connectivity index (χ3v) is 6.77. The maximum atomic E-state index is 13.0. The minimum absolute atomic E-state index is 0.0591. The van der Waals surface area contributed by atoms with E-state index in [9.17, 15) is 13.2 Å². The number of aliphatic carboxylic acids is 1. The highest BCUT2D eigenvalue weighted by molar-refractivity contribution is 7.89. The van der Waals surface area contributed by atoms with Crippen LogP contribution in [0.3, 0.4) is 0 Å². The molecule has 1 aliphatic rings. The summed E-state index contributed by atoms with van der Waals surface area (Å²) in [6.45, 7) is 7.87. The van der Waals surface area contributed by atoms with Gasteiger partial charge >= 0.3 is 5.97 Å². The van der Waals surface area contributed by atoms with Crippen molar-refractivity contribution >= 4 is 16.0 Å². The van der Waals surface area contributed by atoms with E-state index in [1.54, 1.807) is 0 Å². The van der Waals surface area contributed by atoms with Crippen molar-refractivity contribution in [2.24, 2.45) is 5.92 Å². The summed E-state index contributed by atoms with van der Waals surface area (Å²) in [4.78, 5) is 11.5. The van der Waals surface area contributed by atoms with E-state index in [1.807, 2.05) is 33.8 Å². The largest absolute Gasteiger partial charge is 0.481 e. The van der Waals surface area contributed by atoms with Crippen LogP contribution in [0.15, 0.2) is 11.0 Å². The summed E-state index contributed by atoms with van der Waals surface area (Å²) in [5, 5.41) is 9.17. The molecule has 0 saturated carbocycles. The van der Waals surface area contributed by atoms with E-state index in [4.69, 9.17) is 5.11 Å². The van der Waals surface area contributed by atoms with Crippen molar-refractivity contribution in [3.05, 3.63) is 28.3 Å². The zero-order valence-electron chi connectivity index (χ0n) is 13.5. The molecule has 0 bridgehead atoms. The molecule has 5 nitrogen and oxygen atoms in total. The van der Waals surface area contributed by atoms with E-state index in [2.05, 4.69) is 0 Å². The summed E-state index contributed by atoms with van der Waals surface area (Å²) in [6, 6.07) is 1.99. The number of aryl methyl sites for hydroxylation is 2. The minimum Gasteiger partial charge on any atom is -0.481 e. The van der Waals surface area contributed by atoms with Gasteiger partial charge in [0.1, 0.15) is 0 Å². The maximum absolute atomic E-state index is 13.0. The van der Waals surface area contributed by atoms with Crippen LogP contribution >= 0.6 is 0 Å². The average molecular weight is 325 g/mol. The summed E-state index contributed by atoms with van der Waals surface area (Å²) in [5.74, 6) is -1.54. The third kappa shape index (κ3) is 2.90. The molecular weight excluding hydrogens is 302 g/mol. The zero-order chi connectivity index (χ0) is 16.7. The van der Waals surface area contributed by atoms with Gasteiger partial charge in [-0.25, -0.2) is 8.42 Å². The van der Waals surface area contributed by atoms with Crippen molar-refractivity contribution in [1.82, 2.24) is 4.31 Å². The van der Waals surface area contributed by atoms with Crippen LogP contribution in [-0.2, 0) is 14.8 Å². The SMILES string of the molecule is Cc1cc(C)c(C)c(S(=O)(=O)N2CCCC(C(=O)O)C2)c1C. The molecule has 122 valence electrons. The summed E-state index contributed by atoms with van der Waals surface area (Å²) >= 11 is 0. The number of carboxylic acids is 1. The predicted octanol–water partition coefficient (Wildman–Crippen LogP) is 2.41. The van der Waals surface area contributed by atoms with Gasteiger partial charge < -0.3 is 5.11 Å². The maximum Gasteiger partial charge on any atom is 0.307 e. The fourth-order valence-electron chi connectivity index (χ4n) is 3.06. The lowest BCUT2D eigenvalue weighted by molar-refractivity contribution is -0.142. The molecule has 1 saturated heterocycles. The van der Waals surface area contributed by atoms with Crippen LogP contribution in [0.5, 0.6) is 0 Å². The van der Waals surface area contributed by atoms with Crippen molar-refractivity contribution in [2.45, 2.75) is 45.4 Å². The van der Waals surface area contributed by atoms with Gasteiger partial charge in [0.15, 0.2) is 0 Å². The summed E-state index contributed by atoms with van der Waals surface area (Å²) in [6.07, 6.45) is 1.12. The number of hydrogen-bond acceptors (Lipinski definition) is 3. The highest BCUT2D eigenvalue weighted by atomic mass is 32.2. The second-order valence-electron chi connectivity index (χ2n) is 6.13. The molecule has 1 fully saturated rings. The van der Waals surface area contributed by atoms with Crippen LogP contribution in [0.4, 0.5) is 0 Å². The highest BCUT2D eigenvalue weighted by Gasteiger charge is 2.35. The fraction of sp³-hybridized carbons (Fsp3) is 0.562. The Morgan fingerprint density at radius 2 is 1.73 bits per heavy atom. The highest BCUT2D eigenvalue weighted by Crippen LogP contribution is 2.31. The predicted molar refractivity (Wildman–Crippen MR) is 84.5 cm³/mol. The standard InChI is InChI=1S/C16H23NO4S/c1-10-8-11(2)13(4)15(12(10)3)22(20,21)17-7-5-6-14(9-17)16(18)19/h8,14H,5-7,9H2,1-4H3,(H,18,19). The summed E-state index contributed by atoms with van der Waals surface area (Å²) in [7, 11) is -3.66. The lowest BCUT2D eigenvalue weighted by Crippen LogP contribution is -2.42. The quantitative estimate of drug-likeness (QED) is 0.926. The van der Waals surface area contributed by atoms with E-state index in [-0.39, 0.29) is 6.54 Å². The molecular formula is C16H23NO4S. The number of benzene rings is 1. The lowest BCUT2D eigenvalue weighted by atomic mass is 10.0. The molecule has 1 unspecified atom stereocenters. The number of piperidine rings is 1. The van der Waals surface area contributed by atoms with Crippen LogP contribution in [0, 0.1) is 33.6 Å². The van der Waals surface area contributed by atoms with Gasteiger partial charge in [-0.05, 0) is 62.8 Å². The molecule has 0 spiro atoms. The molecule has 6 heteroatoms. The van der Waals surface area contributed by atoms with Gasteiger partial charge in [-0.3, -0.25) is 4.79 Å². The Hall–Kier alpha value is -1.40. The van der Waals surface area contributed by atoms with Crippen LogP contribution in [0.1, 0.15) is 35.1 Å². The number of hydrogen-bond donors (Lipinski definition) is 1. The number of carboxylic acid groups (broad SMARTS) is 1. The first kappa shape index (κ1) is 17.0. The van der Waals surface area contributed by atoms with Crippen molar-refractivity contribution in [3.8, 4) is 0 Å². The van der Waals surface area contributed by atoms with Gasteiger partial charge in [0.2, 0.25) is 10.0 Å². The first-order valence-electron chi connectivity index (χ1n) is 7.46. The second kappa shape index (κ2) is 6.01. The minimum atomic E-state index is -3.66. The Labute approximate surface area is 132 Å². The van der Waals surface area contributed by atoms with Crippen LogP contribution < -0.4 is 0 Å². The molecule has 1 aliphatic heterocycles. The normalized spacial score (nSPS) is 20.1. The fourth-order valence-corrected chi connectivity index (χ4v) is 5.16. The van der Waals surface area contributed by atoms with Crippen molar-refractivity contribution < 1.29 is 18.3 Å². The average Bonchev–Trinajstić information content (AvgIpc) is 2.45. The van der Waals surface area contributed by atoms with Crippen molar-refractivity contribution in [3.63, 3.8) is 0 Å². The molecule has 1 aromatic carbocycles. The smallest absolute Gasteiger partial charge is 0.307 e. The first-order valence-corrected chi connectivity index (χ1v) is 8.90. The Balaban J connectivity index is 2.50. The van der Waals surface area contributed by atoms with Gasteiger partial charge in [0.05, 0.1) is 10.8 Å². The molecule has 1 aromatic rings. The molecule has 0 aliphatic carbocycles. The van der Waals surface area contributed by atoms with E-state index in [1.165, 1.54) is 4.31 Å². The number of sulfonamides is 1. The van der Waals surface area contributed by atoms with Gasteiger partial charge in [0, 0.05) is 13.1 Å². The van der Waals surface area contributed by atoms with Crippen molar-refractivity contribution in [2.75, 3.05) is 13.1 Å². The van der Waals surface area contributed by atoms with Gasteiger partial charge in [-0.2, -0.15) is 4.31 Å². The number of carbonyl (C=O) groups is 1. The Bertz CT molecular complexity index is 683. The van der Waals surface area contributed by atoms with E-state index < -0.39 is 21.9 Å². The molecule has 1 heterocycles. The first-order chi connectivity index (χ1) is 10.2. The lowest BCUT2D eigenvalue weighted by Gasteiger charge is -2.31. The van der Waals surface area contributed by atoms with Gasteiger partial charge in [-0.1, -0.05) is 6.07 Å². The summed E-state index contributed by atoms with van der Waals surface area (Å²) < 4.78 is 27.4. The van der Waals surface area contributed by atoms with E-state index in [0.29, 0.717) is 24.3 Å². The molecule has 2 rings (SSSR count). The molecule has 0 amide bonds. The Morgan fingerprint density at radius 3 is 2.23 bits per heavy atom. The molecule has 1 N–H and O–H groups in total. The van der Waals surface area contributed by atoms with Crippen molar-refractivity contribution in [1.29, 1.82) is 0 Å². The molecule has 22 heavy (non-hydrogen) atoms. The van der Waals surface area contributed by atoms with Crippen LogP contribution in [0.2, 0.25) is 0 Å². The van der Waals surface area contributed by atoms with Crippen LogP contribution in [-0.4, -0.2) is 36.9 Å². The van der Waals surface area contributed by atoms with E-state index in [0.717, 1.165) is 22.3 Å².